The number of amides is 2. The van der Waals surface area contributed by atoms with Crippen molar-refractivity contribution in [2.45, 2.75) is 6.54 Å². The third-order valence-corrected chi connectivity index (χ3v) is 4.76. The monoisotopic (exact) mass is 431 g/mol. The molecule has 0 spiro atoms. The molecule has 0 aliphatic rings. The number of carbonyl (C=O) groups is 2. The maximum Gasteiger partial charge on any atom is 0.268 e. The molecule has 0 aliphatic carbocycles. The van der Waals surface area contributed by atoms with Crippen LogP contribution in [0.15, 0.2) is 78.5 Å². The minimum Gasteiger partial charge on any atom is -0.493 e. The molecule has 0 aliphatic heterocycles. The van der Waals surface area contributed by atoms with Crippen LogP contribution < -0.4 is 25.8 Å². The zero-order valence-electron chi connectivity index (χ0n) is 17.9. The van der Waals surface area contributed by atoms with Gasteiger partial charge in [-0.3, -0.25) is 9.59 Å². The van der Waals surface area contributed by atoms with Crippen molar-refractivity contribution in [1.82, 2.24) is 10.6 Å². The summed E-state index contributed by atoms with van der Waals surface area (Å²) in [4.78, 5) is 25.8. The van der Waals surface area contributed by atoms with Crippen LogP contribution in [0.4, 0.5) is 5.69 Å². The normalized spacial score (nSPS) is 10.9. The molecule has 0 aromatic heterocycles. The first-order valence-corrected chi connectivity index (χ1v) is 9.94. The van der Waals surface area contributed by atoms with Crippen molar-refractivity contribution in [1.29, 1.82) is 0 Å². The van der Waals surface area contributed by atoms with Crippen LogP contribution in [0, 0.1) is 0 Å². The maximum atomic E-state index is 13.0. The number of anilines is 1. The topological polar surface area (TPSA) is 103 Å². The fourth-order valence-corrected chi connectivity index (χ4v) is 3.09. The van der Waals surface area contributed by atoms with Gasteiger partial charge in [0.1, 0.15) is 5.70 Å². The van der Waals surface area contributed by atoms with Gasteiger partial charge in [0, 0.05) is 23.4 Å². The minimum absolute atomic E-state index is 0.0555. The fraction of sp³-hybridized carbons (Fsp3) is 0.120. The Labute approximate surface area is 186 Å². The quantitative estimate of drug-likeness (QED) is 0.375. The number of carbonyl (C=O) groups excluding carboxylic acids is 2. The Morgan fingerprint density at radius 3 is 2.31 bits per heavy atom. The second-order valence-electron chi connectivity index (χ2n) is 6.84. The molecule has 0 fully saturated rings. The first-order chi connectivity index (χ1) is 15.5. The first kappa shape index (κ1) is 22.4. The maximum absolute atomic E-state index is 13.0. The Balaban J connectivity index is 1.92. The van der Waals surface area contributed by atoms with Crippen molar-refractivity contribution in [3.8, 4) is 11.5 Å². The molecule has 164 valence electrons. The largest absolute Gasteiger partial charge is 0.493 e. The second-order valence-corrected chi connectivity index (χ2v) is 6.84. The summed E-state index contributed by atoms with van der Waals surface area (Å²) in [5.74, 6) is 0.0736. The third-order valence-electron chi connectivity index (χ3n) is 4.76. The molecule has 0 heterocycles. The molecule has 2 amide bonds. The summed E-state index contributed by atoms with van der Waals surface area (Å²) >= 11 is 0. The van der Waals surface area contributed by atoms with Gasteiger partial charge >= 0.3 is 0 Å². The molecular weight excluding hydrogens is 406 g/mol. The number of ether oxygens (including phenoxy) is 2. The van der Waals surface area contributed by atoms with E-state index in [0.29, 0.717) is 28.3 Å². The summed E-state index contributed by atoms with van der Waals surface area (Å²) in [6.45, 7) is 0.208. The molecule has 32 heavy (non-hydrogen) atoms. The number of para-hydroxylation sites is 2. The van der Waals surface area contributed by atoms with Crippen LogP contribution in [-0.2, 0) is 11.3 Å². The van der Waals surface area contributed by atoms with E-state index < -0.39 is 11.8 Å². The summed E-state index contributed by atoms with van der Waals surface area (Å²) in [6.07, 6.45) is 1.55. The molecule has 0 atom stereocenters. The van der Waals surface area contributed by atoms with Gasteiger partial charge in [-0.05, 0) is 35.9 Å². The van der Waals surface area contributed by atoms with Gasteiger partial charge in [0.05, 0.1) is 14.2 Å². The molecule has 3 aromatic carbocycles. The van der Waals surface area contributed by atoms with Gasteiger partial charge in [0.25, 0.3) is 11.8 Å². The predicted molar refractivity (Wildman–Crippen MR) is 124 cm³/mol. The average Bonchev–Trinajstić information content (AvgIpc) is 2.83. The van der Waals surface area contributed by atoms with Gasteiger partial charge in [-0.15, -0.1) is 0 Å². The highest BCUT2D eigenvalue weighted by Gasteiger charge is 2.17. The smallest absolute Gasteiger partial charge is 0.268 e. The minimum atomic E-state index is -0.470. The molecule has 0 saturated carbocycles. The summed E-state index contributed by atoms with van der Waals surface area (Å²) in [5, 5.41) is 5.51. The number of hydrogen-bond acceptors (Lipinski definition) is 5. The number of hydrogen-bond donors (Lipinski definition) is 3. The Morgan fingerprint density at radius 1 is 0.906 bits per heavy atom. The van der Waals surface area contributed by atoms with Crippen LogP contribution in [0.3, 0.4) is 0 Å². The summed E-state index contributed by atoms with van der Waals surface area (Å²) in [6, 6.07) is 21.2. The van der Waals surface area contributed by atoms with E-state index in [0.717, 1.165) is 5.56 Å². The molecular formula is C25H25N3O4. The van der Waals surface area contributed by atoms with Crippen LogP contribution in [0.25, 0.3) is 6.08 Å². The standard InChI is InChI=1S/C25H25N3O4/c1-31-22-14-8-12-18(23(22)32-2)15-21(28-24(29)17-9-4-3-5-10-17)25(30)27-16-19-11-6-7-13-20(19)26/h3-15H,16,26H2,1-2H3,(H,27,30)(H,28,29). The van der Waals surface area contributed by atoms with Gasteiger partial charge < -0.3 is 25.8 Å². The lowest BCUT2D eigenvalue weighted by Crippen LogP contribution is -2.34. The highest BCUT2D eigenvalue weighted by molar-refractivity contribution is 6.05. The van der Waals surface area contributed by atoms with E-state index in [2.05, 4.69) is 10.6 Å². The third kappa shape index (κ3) is 5.46. The molecule has 3 rings (SSSR count). The molecule has 7 nitrogen and oxygen atoms in total. The van der Waals surface area contributed by atoms with E-state index >= 15 is 0 Å². The number of nitrogens with one attached hydrogen (secondary N) is 2. The van der Waals surface area contributed by atoms with Gasteiger partial charge in [-0.2, -0.15) is 0 Å². The Kier molecular flexibility index (Phi) is 7.48. The number of methoxy groups -OCH3 is 2. The van der Waals surface area contributed by atoms with E-state index in [1.165, 1.54) is 14.2 Å². The van der Waals surface area contributed by atoms with E-state index in [4.69, 9.17) is 15.2 Å². The molecule has 0 bridgehead atoms. The number of rotatable bonds is 8. The van der Waals surface area contributed by atoms with Crippen molar-refractivity contribution >= 4 is 23.6 Å². The highest BCUT2D eigenvalue weighted by atomic mass is 16.5. The molecule has 0 unspecified atom stereocenters. The summed E-state index contributed by atoms with van der Waals surface area (Å²) in [7, 11) is 3.04. The predicted octanol–water partition coefficient (Wildman–Crippen LogP) is 3.37. The van der Waals surface area contributed by atoms with Crippen molar-refractivity contribution in [3.05, 3.63) is 95.2 Å². The van der Waals surface area contributed by atoms with Crippen molar-refractivity contribution in [2.24, 2.45) is 0 Å². The molecule has 4 N–H and O–H groups in total. The SMILES string of the molecule is COc1cccc(C=C(NC(=O)c2ccccc2)C(=O)NCc2ccccc2N)c1OC. The lowest BCUT2D eigenvalue weighted by molar-refractivity contribution is -0.117. The van der Waals surface area contributed by atoms with Gasteiger partial charge in [0.2, 0.25) is 0 Å². The van der Waals surface area contributed by atoms with Gasteiger partial charge in [-0.25, -0.2) is 0 Å². The van der Waals surface area contributed by atoms with E-state index in [-0.39, 0.29) is 12.2 Å². The second kappa shape index (κ2) is 10.7. The van der Waals surface area contributed by atoms with Gasteiger partial charge in [-0.1, -0.05) is 48.5 Å². The molecule has 7 heteroatoms. The van der Waals surface area contributed by atoms with Crippen LogP contribution in [0.5, 0.6) is 11.5 Å². The highest BCUT2D eigenvalue weighted by Crippen LogP contribution is 2.32. The van der Waals surface area contributed by atoms with E-state index in [9.17, 15) is 9.59 Å². The summed E-state index contributed by atoms with van der Waals surface area (Å²) in [5.41, 5.74) is 8.37. The van der Waals surface area contributed by atoms with Crippen molar-refractivity contribution in [3.63, 3.8) is 0 Å². The van der Waals surface area contributed by atoms with Crippen LogP contribution in [0.1, 0.15) is 21.5 Å². The fourth-order valence-electron chi connectivity index (χ4n) is 3.09. The number of benzene rings is 3. The first-order valence-electron chi connectivity index (χ1n) is 9.94. The number of nitrogens with two attached hydrogens (primary N) is 1. The van der Waals surface area contributed by atoms with Gasteiger partial charge in [0.15, 0.2) is 11.5 Å². The van der Waals surface area contributed by atoms with Crippen molar-refractivity contribution < 1.29 is 19.1 Å². The Morgan fingerprint density at radius 2 is 1.62 bits per heavy atom. The molecule has 3 aromatic rings. The average molecular weight is 431 g/mol. The molecule has 0 saturated heterocycles. The zero-order chi connectivity index (χ0) is 22.9. The van der Waals surface area contributed by atoms with Crippen LogP contribution >= 0.6 is 0 Å². The Bertz CT molecular complexity index is 1130. The molecule has 0 radical (unpaired) electrons. The van der Waals surface area contributed by atoms with Crippen LogP contribution in [-0.4, -0.2) is 26.0 Å². The Hall–Kier alpha value is -4.26. The van der Waals surface area contributed by atoms with Crippen LogP contribution in [0.2, 0.25) is 0 Å². The zero-order valence-corrected chi connectivity index (χ0v) is 17.9. The van der Waals surface area contributed by atoms with Crippen molar-refractivity contribution in [2.75, 3.05) is 20.0 Å². The van der Waals surface area contributed by atoms with E-state index in [1.807, 2.05) is 24.3 Å². The summed E-state index contributed by atoms with van der Waals surface area (Å²) < 4.78 is 10.8. The lowest BCUT2D eigenvalue weighted by atomic mass is 10.1. The van der Waals surface area contributed by atoms with E-state index in [1.54, 1.807) is 54.6 Å². The number of nitrogen functional groups attached to an aromatic ring is 1. The lowest BCUT2D eigenvalue weighted by Gasteiger charge is -2.14.